The summed E-state index contributed by atoms with van der Waals surface area (Å²) in [7, 11) is 0. The molecule has 1 aromatic carbocycles. The van der Waals surface area contributed by atoms with E-state index in [9.17, 15) is 4.79 Å². The molecule has 1 aromatic heterocycles. The fourth-order valence-corrected chi connectivity index (χ4v) is 1.71. The van der Waals surface area contributed by atoms with Crippen LogP contribution in [0.15, 0.2) is 21.3 Å². The van der Waals surface area contributed by atoms with Crippen molar-refractivity contribution in [3.8, 4) is 0 Å². The fourth-order valence-electron chi connectivity index (χ4n) is 1.23. The minimum atomic E-state index is -1.06. The molecule has 0 aliphatic carbocycles. The maximum absolute atomic E-state index is 10.9. The third-order valence-electron chi connectivity index (χ3n) is 1.79. The van der Waals surface area contributed by atoms with E-state index in [1.54, 1.807) is 0 Å². The molecule has 0 unspecified atom stereocenters. The molecular formula is C8H5BrN2O3. The summed E-state index contributed by atoms with van der Waals surface area (Å²) in [5.41, 5.74) is 6.27. The molecule has 0 aliphatic rings. The number of hydrogen-bond acceptors (Lipinski definition) is 4. The summed E-state index contributed by atoms with van der Waals surface area (Å²) in [5, 5.41) is 12.9. The van der Waals surface area contributed by atoms with Crippen molar-refractivity contribution in [3.05, 3.63) is 22.3 Å². The smallest absolute Gasteiger partial charge is 0.336 e. The zero-order chi connectivity index (χ0) is 10.3. The predicted octanol–water partition coefficient (Wildman–Crippen LogP) is 1.87. The number of aromatic carboxylic acids is 1. The van der Waals surface area contributed by atoms with Gasteiger partial charge in [0.2, 0.25) is 0 Å². The number of fused-ring (bicyclic) bond motifs is 1. The number of benzene rings is 1. The van der Waals surface area contributed by atoms with Gasteiger partial charge < -0.3 is 15.4 Å². The van der Waals surface area contributed by atoms with Crippen molar-refractivity contribution < 1.29 is 14.4 Å². The molecule has 0 spiro atoms. The number of nitrogen functional groups attached to an aromatic ring is 1. The highest BCUT2D eigenvalue weighted by Crippen LogP contribution is 2.28. The Labute approximate surface area is 86.6 Å². The second-order valence-electron chi connectivity index (χ2n) is 2.72. The number of nitrogens with two attached hydrogens (primary N) is 1. The van der Waals surface area contributed by atoms with Crippen LogP contribution in [-0.4, -0.2) is 16.2 Å². The lowest BCUT2D eigenvalue weighted by molar-refractivity contribution is 0.0699. The Hall–Kier alpha value is -1.56. The van der Waals surface area contributed by atoms with E-state index in [-0.39, 0.29) is 5.56 Å². The SMILES string of the molecule is Nc1cc(C(=O)O)c2c(Br)noc2c1. The number of aromatic nitrogens is 1. The number of carboxylic acid groups (broad SMARTS) is 1. The Morgan fingerprint density at radius 3 is 2.93 bits per heavy atom. The highest BCUT2D eigenvalue weighted by molar-refractivity contribution is 9.10. The van der Waals surface area contributed by atoms with E-state index >= 15 is 0 Å². The molecule has 5 nitrogen and oxygen atoms in total. The molecule has 0 aliphatic heterocycles. The number of anilines is 1. The molecule has 72 valence electrons. The van der Waals surface area contributed by atoms with Gasteiger partial charge in [-0.05, 0) is 22.0 Å². The molecule has 14 heavy (non-hydrogen) atoms. The van der Waals surface area contributed by atoms with Gasteiger partial charge in [0.1, 0.15) is 0 Å². The molecule has 0 bridgehead atoms. The Morgan fingerprint density at radius 2 is 2.29 bits per heavy atom. The van der Waals surface area contributed by atoms with Crippen LogP contribution in [0.2, 0.25) is 0 Å². The van der Waals surface area contributed by atoms with E-state index in [1.807, 2.05) is 0 Å². The number of carboxylic acids is 1. The van der Waals surface area contributed by atoms with Gasteiger partial charge in [-0.25, -0.2) is 4.79 Å². The average Bonchev–Trinajstić information content (AvgIpc) is 2.46. The molecule has 2 rings (SSSR count). The lowest BCUT2D eigenvalue weighted by atomic mass is 10.1. The number of carbonyl (C=O) groups is 1. The monoisotopic (exact) mass is 256 g/mol. The molecule has 3 N–H and O–H groups in total. The highest BCUT2D eigenvalue weighted by Gasteiger charge is 2.16. The summed E-state index contributed by atoms with van der Waals surface area (Å²) < 4.78 is 5.25. The van der Waals surface area contributed by atoms with E-state index in [4.69, 9.17) is 15.4 Å². The van der Waals surface area contributed by atoms with Gasteiger partial charge in [0, 0.05) is 11.8 Å². The van der Waals surface area contributed by atoms with Crippen LogP contribution in [0, 0.1) is 0 Å². The van der Waals surface area contributed by atoms with Gasteiger partial charge in [-0.2, -0.15) is 0 Å². The van der Waals surface area contributed by atoms with Gasteiger partial charge in [0.15, 0.2) is 10.2 Å². The van der Waals surface area contributed by atoms with Crippen LogP contribution in [-0.2, 0) is 0 Å². The van der Waals surface area contributed by atoms with Crippen LogP contribution in [0.1, 0.15) is 10.4 Å². The van der Waals surface area contributed by atoms with Gasteiger partial charge in [0.25, 0.3) is 0 Å². The molecule has 6 heteroatoms. The van der Waals surface area contributed by atoms with Gasteiger partial charge in [-0.15, -0.1) is 0 Å². The van der Waals surface area contributed by atoms with E-state index in [0.717, 1.165) is 0 Å². The summed E-state index contributed by atoms with van der Waals surface area (Å²) in [4.78, 5) is 10.9. The van der Waals surface area contributed by atoms with E-state index in [1.165, 1.54) is 12.1 Å². The third kappa shape index (κ3) is 1.24. The van der Waals surface area contributed by atoms with Crippen LogP contribution < -0.4 is 5.73 Å². The number of rotatable bonds is 1. The third-order valence-corrected chi connectivity index (χ3v) is 2.33. The van der Waals surface area contributed by atoms with Gasteiger partial charge >= 0.3 is 5.97 Å². The lowest BCUT2D eigenvalue weighted by Gasteiger charge is -1.97. The molecule has 1 heterocycles. The Balaban J connectivity index is 2.90. The van der Waals surface area contributed by atoms with Crippen LogP contribution in [0.5, 0.6) is 0 Å². The normalized spacial score (nSPS) is 10.6. The maximum Gasteiger partial charge on any atom is 0.336 e. The first-order valence-electron chi connectivity index (χ1n) is 3.67. The zero-order valence-corrected chi connectivity index (χ0v) is 8.41. The quantitative estimate of drug-likeness (QED) is 0.761. The van der Waals surface area contributed by atoms with E-state index in [2.05, 4.69) is 21.1 Å². The summed E-state index contributed by atoms with van der Waals surface area (Å²) in [6, 6.07) is 2.90. The first-order chi connectivity index (χ1) is 6.59. The van der Waals surface area contributed by atoms with Crippen molar-refractivity contribution in [2.45, 2.75) is 0 Å². The fraction of sp³-hybridized carbons (Fsp3) is 0. The van der Waals surface area contributed by atoms with Gasteiger partial charge in [-0.1, -0.05) is 5.16 Å². The van der Waals surface area contributed by atoms with Crippen LogP contribution >= 0.6 is 15.9 Å². The first kappa shape index (κ1) is 9.01. The number of hydrogen-bond donors (Lipinski definition) is 2. The first-order valence-corrected chi connectivity index (χ1v) is 4.46. The second-order valence-corrected chi connectivity index (χ2v) is 3.47. The minimum absolute atomic E-state index is 0.0770. The number of halogens is 1. The molecule has 2 aromatic rings. The van der Waals surface area contributed by atoms with Crippen molar-refractivity contribution in [1.29, 1.82) is 0 Å². The average molecular weight is 257 g/mol. The van der Waals surface area contributed by atoms with Crippen molar-refractivity contribution >= 4 is 38.6 Å². The Bertz CT molecular complexity index is 521. The summed E-state index contributed by atoms with van der Waals surface area (Å²) >= 11 is 3.10. The van der Waals surface area contributed by atoms with Crippen LogP contribution in [0.3, 0.4) is 0 Å². The minimum Gasteiger partial charge on any atom is -0.478 e. The molecule has 0 amide bonds. The predicted molar refractivity (Wildman–Crippen MR) is 53.1 cm³/mol. The van der Waals surface area contributed by atoms with Gasteiger partial charge in [0.05, 0.1) is 10.9 Å². The van der Waals surface area contributed by atoms with E-state index in [0.29, 0.717) is 21.3 Å². The largest absolute Gasteiger partial charge is 0.478 e. The number of nitrogens with zero attached hydrogens (tertiary/aromatic N) is 1. The topological polar surface area (TPSA) is 89.4 Å². The van der Waals surface area contributed by atoms with E-state index < -0.39 is 5.97 Å². The Morgan fingerprint density at radius 1 is 1.57 bits per heavy atom. The molecule has 0 saturated heterocycles. The zero-order valence-electron chi connectivity index (χ0n) is 6.82. The summed E-state index contributed by atoms with van der Waals surface area (Å²) in [6.45, 7) is 0. The van der Waals surface area contributed by atoms with Crippen LogP contribution in [0.25, 0.3) is 11.0 Å². The summed E-state index contributed by atoms with van der Waals surface area (Å²) in [5.74, 6) is -1.06. The van der Waals surface area contributed by atoms with Crippen LogP contribution in [0.4, 0.5) is 5.69 Å². The molecule has 0 saturated carbocycles. The lowest BCUT2D eigenvalue weighted by Crippen LogP contribution is -1.98. The summed E-state index contributed by atoms with van der Waals surface area (Å²) in [6.07, 6.45) is 0. The molecule has 0 radical (unpaired) electrons. The molecule has 0 atom stereocenters. The Kier molecular flexibility index (Phi) is 1.92. The van der Waals surface area contributed by atoms with Crippen molar-refractivity contribution in [2.75, 3.05) is 5.73 Å². The maximum atomic E-state index is 10.9. The highest BCUT2D eigenvalue weighted by atomic mass is 79.9. The molecule has 0 fully saturated rings. The van der Waals surface area contributed by atoms with Crippen molar-refractivity contribution in [2.24, 2.45) is 0 Å². The standard InChI is InChI=1S/C8H5BrN2O3/c9-7-6-4(8(12)13)1-3(10)2-5(6)14-11-7/h1-2H,10H2,(H,12,13). The molecular weight excluding hydrogens is 252 g/mol. The van der Waals surface area contributed by atoms with Crippen molar-refractivity contribution in [1.82, 2.24) is 5.16 Å². The van der Waals surface area contributed by atoms with Crippen molar-refractivity contribution in [3.63, 3.8) is 0 Å². The second kappa shape index (κ2) is 2.98. The van der Waals surface area contributed by atoms with Gasteiger partial charge in [-0.3, -0.25) is 0 Å².